The number of aliphatic imine (C=N–C) groups is 1. The third-order valence-electron chi connectivity index (χ3n) is 6.56. The van der Waals surface area contributed by atoms with Crippen molar-refractivity contribution in [2.75, 3.05) is 66.9 Å². The van der Waals surface area contributed by atoms with Crippen LogP contribution in [0.2, 0.25) is 0 Å². The number of hydrazine groups is 1. The minimum Gasteiger partial charge on any atom is -0.492 e. The highest BCUT2D eigenvalue weighted by Gasteiger charge is 2.42. The summed E-state index contributed by atoms with van der Waals surface area (Å²) in [5.74, 6) is 0.695. The van der Waals surface area contributed by atoms with Gasteiger partial charge in [-0.2, -0.15) is 0 Å². The van der Waals surface area contributed by atoms with Gasteiger partial charge in [-0.3, -0.25) is 19.9 Å². The fraction of sp³-hybridized carbons (Fsp3) is 0.444. The lowest BCUT2D eigenvalue weighted by molar-refractivity contribution is -0.121. The Kier molecular flexibility index (Phi) is 8.87. The SMILES string of the molecule is CCOc1cc(N2CCOCC2)c(OCC)cc1NC(=O)CSC1=NC2NNCC2C(=O)N1c1ccccc1. The zero-order valence-corrected chi connectivity index (χ0v) is 23.0. The number of benzene rings is 2. The van der Waals surface area contributed by atoms with E-state index < -0.39 is 0 Å². The van der Waals surface area contributed by atoms with Crippen LogP contribution in [0.15, 0.2) is 47.5 Å². The molecule has 2 aromatic rings. The first kappa shape index (κ1) is 27.3. The highest BCUT2D eigenvalue weighted by Crippen LogP contribution is 2.39. The molecule has 39 heavy (non-hydrogen) atoms. The number of hydrogen-bond acceptors (Lipinski definition) is 10. The number of anilines is 3. The lowest BCUT2D eigenvalue weighted by Crippen LogP contribution is -2.49. The molecule has 3 aliphatic rings. The van der Waals surface area contributed by atoms with Gasteiger partial charge in [0.2, 0.25) is 11.8 Å². The lowest BCUT2D eigenvalue weighted by atomic mass is 10.1. The number of hydrogen-bond donors (Lipinski definition) is 3. The molecule has 3 heterocycles. The van der Waals surface area contributed by atoms with E-state index in [1.54, 1.807) is 4.90 Å². The fourth-order valence-corrected chi connectivity index (χ4v) is 5.59. The maximum Gasteiger partial charge on any atom is 0.241 e. The van der Waals surface area contributed by atoms with Crippen LogP contribution in [0.25, 0.3) is 0 Å². The predicted molar refractivity (Wildman–Crippen MR) is 153 cm³/mol. The number of fused-ring (bicyclic) bond motifs is 1. The van der Waals surface area contributed by atoms with Gasteiger partial charge in [0.05, 0.1) is 55.2 Å². The van der Waals surface area contributed by atoms with Gasteiger partial charge in [-0.05, 0) is 26.0 Å². The Hall–Kier alpha value is -3.32. The number of amides is 2. The molecule has 2 saturated heterocycles. The van der Waals surface area contributed by atoms with Crippen LogP contribution in [0.4, 0.5) is 17.1 Å². The number of ether oxygens (including phenoxy) is 3. The molecule has 0 saturated carbocycles. The molecule has 3 aliphatic heterocycles. The maximum absolute atomic E-state index is 13.3. The first-order valence-electron chi connectivity index (χ1n) is 13.2. The van der Waals surface area contributed by atoms with Gasteiger partial charge in [-0.25, -0.2) is 10.4 Å². The molecule has 2 amide bonds. The van der Waals surface area contributed by atoms with E-state index in [2.05, 4.69) is 21.1 Å². The molecule has 0 bridgehead atoms. The summed E-state index contributed by atoms with van der Waals surface area (Å²) in [5.41, 5.74) is 8.23. The number of carbonyl (C=O) groups excluding carboxylic acids is 2. The van der Waals surface area contributed by atoms with E-state index in [0.29, 0.717) is 55.3 Å². The summed E-state index contributed by atoms with van der Waals surface area (Å²) in [7, 11) is 0. The van der Waals surface area contributed by atoms with Gasteiger partial charge in [0.1, 0.15) is 17.7 Å². The quantitative estimate of drug-likeness (QED) is 0.430. The number of rotatable bonds is 9. The van der Waals surface area contributed by atoms with Crippen LogP contribution in [0, 0.1) is 5.92 Å². The molecule has 3 N–H and O–H groups in total. The number of nitrogens with zero attached hydrogens (tertiary/aromatic N) is 3. The van der Waals surface area contributed by atoms with Crippen molar-refractivity contribution in [2.45, 2.75) is 20.0 Å². The van der Waals surface area contributed by atoms with Gasteiger partial charge in [0, 0.05) is 31.8 Å². The zero-order valence-electron chi connectivity index (χ0n) is 22.1. The van der Waals surface area contributed by atoms with Crippen molar-refractivity contribution in [1.82, 2.24) is 10.9 Å². The predicted octanol–water partition coefficient (Wildman–Crippen LogP) is 2.45. The van der Waals surface area contributed by atoms with E-state index in [-0.39, 0.29) is 29.7 Å². The van der Waals surface area contributed by atoms with Crippen LogP contribution in [0.5, 0.6) is 11.5 Å². The Morgan fingerprint density at radius 2 is 1.87 bits per heavy atom. The minimum atomic E-state index is -0.367. The second-order valence-electron chi connectivity index (χ2n) is 9.12. The Morgan fingerprint density at radius 1 is 1.13 bits per heavy atom. The van der Waals surface area contributed by atoms with Crippen LogP contribution in [0.1, 0.15) is 13.8 Å². The number of thioether (sulfide) groups is 1. The van der Waals surface area contributed by atoms with Gasteiger partial charge >= 0.3 is 0 Å². The molecule has 0 aliphatic carbocycles. The number of para-hydroxylation sites is 1. The highest BCUT2D eigenvalue weighted by molar-refractivity contribution is 8.14. The van der Waals surface area contributed by atoms with Gasteiger partial charge in [0.15, 0.2) is 5.17 Å². The number of morpholine rings is 1. The molecule has 12 heteroatoms. The van der Waals surface area contributed by atoms with Gasteiger partial charge < -0.3 is 24.4 Å². The number of amidine groups is 1. The van der Waals surface area contributed by atoms with Gasteiger partial charge in [-0.15, -0.1) is 0 Å². The second kappa shape index (κ2) is 12.7. The molecule has 0 aromatic heterocycles. The standard InChI is InChI=1S/C27H34N6O5S/c1-3-37-22-15-21(32-10-12-36-13-11-32)23(38-4-2)14-20(22)29-24(34)17-39-27-30-25-19(16-28-31-25)26(35)33(27)18-8-6-5-7-9-18/h5-9,14-15,19,25,28,31H,3-4,10-13,16-17H2,1-2H3,(H,29,34). The van der Waals surface area contributed by atoms with Crippen molar-refractivity contribution in [2.24, 2.45) is 10.9 Å². The van der Waals surface area contributed by atoms with E-state index in [1.807, 2.05) is 56.3 Å². The summed E-state index contributed by atoms with van der Waals surface area (Å²) < 4.78 is 17.4. The average Bonchev–Trinajstić information content (AvgIpc) is 3.44. The van der Waals surface area contributed by atoms with E-state index in [0.717, 1.165) is 24.5 Å². The fourth-order valence-electron chi connectivity index (χ4n) is 4.74. The molecule has 2 unspecified atom stereocenters. The van der Waals surface area contributed by atoms with Crippen LogP contribution >= 0.6 is 11.8 Å². The second-order valence-corrected chi connectivity index (χ2v) is 10.1. The zero-order chi connectivity index (χ0) is 27.2. The summed E-state index contributed by atoms with van der Waals surface area (Å²) in [5, 5.41) is 3.46. The van der Waals surface area contributed by atoms with Crippen LogP contribution in [-0.2, 0) is 14.3 Å². The Balaban J connectivity index is 1.34. The Labute approximate surface area is 232 Å². The molecule has 208 valence electrons. The monoisotopic (exact) mass is 554 g/mol. The Morgan fingerprint density at radius 3 is 2.62 bits per heavy atom. The smallest absolute Gasteiger partial charge is 0.241 e. The van der Waals surface area contributed by atoms with Crippen molar-refractivity contribution in [3.63, 3.8) is 0 Å². The third-order valence-corrected chi connectivity index (χ3v) is 7.52. The van der Waals surface area contributed by atoms with Crippen LogP contribution in [-0.4, -0.2) is 75.0 Å². The molecule has 2 aromatic carbocycles. The van der Waals surface area contributed by atoms with Crippen LogP contribution in [0.3, 0.4) is 0 Å². The highest BCUT2D eigenvalue weighted by atomic mass is 32.2. The lowest BCUT2D eigenvalue weighted by Gasteiger charge is -2.32. The minimum absolute atomic E-state index is 0.0553. The molecule has 11 nitrogen and oxygen atoms in total. The first-order chi connectivity index (χ1) is 19.1. The van der Waals surface area contributed by atoms with Crippen molar-refractivity contribution >= 4 is 45.8 Å². The van der Waals surface area contributed by atoms with E-state index >= 15 is 0 Å². The normalized spacial score (nSPS) is 20.9. The molecule has 2 atom stereocenters. The van der Waals surface area contributed by atoms with Crippen molar-refractivity contribution < 1.29 is 23.8 Å². The summed E-state index contributed by atoms with van der Waals surface area (Å²) in [6.45, 7) is 8.05. The average molecular weight is 555 g/mol. The summed E-state index contributed by atoms with van der Waals surface area (Å²) in [6.07, 6.45) is -0.367. The maximum atomic E-state index is 13.3. The summed E-state index contributed by atoms with van der Waals surface area (Å²) in [4.78, 5) is 35.1. The van der Waals surface area contributed by atoms with Gasteiger partial charge in [0.25, 0.3) is 0 Å². The van der Waals surface area contributed by atoms with E-state index in [9.17, 15) is 9.59 Å². The molecule has 2 fully saturated rings. The number of carbonyl (C=O) groups is 2. The summed E-state index contributed by atoms with van der Waals surface area (Å²) >= 11 is 1.22. The van der Waals surface area contributed by atoms with E-state index in [1.165, 1.54) is 11.8 Å². The number of nitrogens with one attached hydrogen (secondary N) is 3. The Bertz CT molecular complexity index is 1210. The molecular formula is C27H34N6O5S. The van der Waals surface area contributed by atoms with Crippen molar-refractivity contribution in [3.8, 4) is 11.5 Å². The summed E-state index contributed by atoms with van der Waals surface area (Å²) in [6, 6.07) is 13.1. The largest absolute Gasteiger partial charge is 0.492 e. The first-order valence-corrected chi connectivity index (χ1v) is 14.2. The molecular weight excluding hydrogens is 520 g/mol. The molecule has 5 rings (SSSR count). The third kappa shape index (κ3) is 6.14. The van der Waals surface area contributed by atoms with Crippen molar-refractivity contribution in [3.05, 3.63) is 42.5 Å². The van der Waals surface area contributed by atoms with E-state index in [4.69, 9.17) is 19.2 Å². The van der Waals surface area contributed by atoms with Crippen LogP contribution < -0.4 is 35.4 Å². The topological polar surface area (TPSA) is 117 Å². The molecule has 0 radical (unpaired) electrons. The van der Waals surface area contributed by atoms with Gasteiger partial charge in [-0.1, -0.05) is 30.0 Å². The molecule has 0 spiro atoms. The van der Waals surface area contributed by atoms with Crippen molar-refractivity contribution in [1.29, 1.82) is 0 Å².